The molecule has 29 heavy (non-hydrogen) atoms. The summed E-state index contributed by atoms with van der Waals surface area (Å²) in [7, 11) is -3.63. The molecule has 0 heterocycles. The highest BCUT2D eigenvalue weighted by Crippen LogP contribution is 2.30. The Morgan fingerprint density at radius 3 is 1.97 bits per heavy atom. The number of nitrogens with one attached hydrogen (secondary N) is 2. The van der Waals surface area contributed by atoms with Crippen LogP contribution in [0.2, 0.25) is 0 Å². The molecule has 0 fully saturated rings. The number of hydrogen-bond donors (Lipinski definition) is 2. The van der Waals surface area contributed by atoms with E-state index in [1.54, 1.807) is 40.7 Å². The normalized spacial score (nSPS) is 12.6. The number of carbonyl (C=O) groups is 1. The maximum Gasteiger partial charge on any atom is 0.416 e. The molecule has 0 saturated heterocycles. The predicted octanol–water partition coefficient (Wildman–Crippen LogP) is 5.11. The van der Waals surface area contributed by atoms with Gasteiger partial charge in [-0.25, -0.2) is 8.42 Å². The summed E-state index contributed by atoms with van der Waals surface area (Å²) in [6, 6.07) is 7.22. The summed E-state index contributed by atoms with van der Waals surface area (Å²) in [5, 5.41) is 2.55. The van der Waals surface area contributed by atoms with Crippen LogP contribution in [-0.2, 0) is 16.2 Å². The molecule has 158 valence electrons. The van der Waals surface area contributed by atoms with Crippen LogP contribution < -0.4 is 10.0 Å². The molecule has 0 atom stereocenters. The van der Waals surface area contributed by atoms with Crippen LogP contribution in [0.15, 0.2) is 36.4 Å². The van der Waals surface area contributed by atoms with E-state index in [1.165, 1.54) is 18.2 Å². The van der Waals surface area contributed by atoms with E-state index in [2.05, 4.69) is 10.0 Å². The topological polar surface area (TPSA) is 75.3 Å². The van der Waals surface area contributed by atoms with Crippen LogP contribution in [0.25, 0.3) is 0 Å². The first-order valence-electron chi connectivity index (χ1n) is 8.74. The monoisotopic (exact) mass is 428 g/mol. The molecule has 2 rings (SSSR count). The van der Waals surface area contributed by atoms with E-state index < -0.39 is 32.4 Å². The van der Waals surface area contributed by atoms with Crippen molar-refractivity contribution in [2.24, 2.45) is 0 Å². The highest BCUT2D eigenvalue weighted by atomic mass is 32.2. The number of sulfonamides is 1. The van der Waals surface area contributed by atoms with Gasteiger partial charge in [0.25, 0.3) is 5.91 Å². The molecule has 2 aromatic carbocycles. The lowest BCUT2D eigenvalue weighted by Gasteiger charge is -2.22. The highest BCUT2D eigenvalue weighted by Gasteiger charge is 2.30. The standard InChI is InChI=1S/C20H23F3N2O3S/c1-12-11-17(25-29(27,28)19(3,4)5)13(2)10-16(12)18(26)24-15-8-6-14(7-9-15)20(21,22)23/h6-11,25H,1-5H3,(H,24,26). The highest BCUT2D eigenvalue weighted by molar-refractivity contribution is 7.94. The van der Waals surface area contributed by atoms with Crippen LogP contribution in [0.3, 0.4) is 0 Å². The lowest BCUT2D eigenvalue weighted by Crippen LogP contribution is -2.34. The number of carbonyl (C=O) groups excluding carboxylic acids is 1. The van der Waals surface area contributed by atoms with Crippen molar-refractivity contribution in [2.75, 3.05) is 10.0 Å². The first-order valence-corrected chi connectivity index (χ1v) is 10.2. The molecule has 0 aliphatic rings. The van der Waals surface area contributed by atoms with Gasteiger partial charge in [0, 0.05) is 11.3 Å². The Balaban J connectivity index is 2.25. The molecule has 0 aliphatic heterocycles. The third kappa shape index (κ3) is 5.29. The van der Waals surface area contributed by atoms with Gasteiger partial charge in [-0.15, -0.1) is 0 Å². The molecule has 0 bridgehead atoms. The Hall–Kier alpha value is -2.55. The molecule has 0 spiro atoms. The van der Waals surface area contributed by atoms with Gasteiger partial charge in [-0.1, -0.05) is 0 Å². The van der Waals surface area contributed by atoms with Gasteiger partial charge in [0.1, 0.15) is 0 Å². The van der Waals surface area contributed by atoms with Gasteiger partial charge in [0.15, 0.2) is 0 Å². The quantitative estimate of drug-likeness (QED) is 0.710. The van der Waals surface area contributed by atoms with Crippen molar-refractivity contribution >= 4 is 27.3 Å². The molecule has 2 N–H and O–H groups in total. The van der Waals surface area contributed by atoms with Crippen LogP contribution in [0.1, 0.15) is 47.8 Å². The van der Waals surface area contributed by atoms with Crippen molar-refractivity contribution in [3.05, 3.63) is 58.7 Å². The van der Waals surface area contributed by atoms with E-state index in [0.717, 1.165) is 12.1 Å². The fraction of sp³-hybridized carbons (Fsp3) is 0.350. The minimum atomic E-state index is -4.45. The molecule has 0 aliphatic carbocycles. The lowest BCUT2D eigenvalue weighted by molar-refractivity contribution is -0.137. The summed E-state index contributed by atoms with van der Waals surface area (Å²) < 4.78 is 64.2. The SMILES string of the molecule is Cc1cc(C(=O)Nc2ccc(C(F)(F)F)cc2)c(C)cc1NS(=O)(=O)C(C)(C)C. The number of halogens is 3. The van der Waals surface area contributed by atoms with E-state index in [4.69, 9.17) is 0 Å². The van der Waals surface area contributed by atoms with Gasteiger partial charge in [-0.3, -0.25) is 9.52 Å². The zero-order valence-electron chi connectivity index (χ0n) is 16.7. The van der Waals surface area contributed by atoms with Crippen molar-refractivity contribution in [2.45, 2.75) is 45.5 Å². The maximum atomic E-state index is 12.6. The number of anilines is 2. The second kappa shape index (κ2) is 7.70. The largest absolute Gasteiger partial charge is 0.416 e. The predicted molar refractivity (Wildman–Crippen MR) is 108 cm³/mol. The van der Waals surface area contributed by atoms with Crippen molar-refractivity contribution in [3.63, 3.8) is 0 Å². The average molecular weight is 428 g/mol. The molecular weight excluding hydrogens is 405 g/mol. The van der Waals surface area contributed by atoms with Gasteiger partial charge in [-0.05, 0) is 82.1 Å². The zero-order valence-corrected chi connectivity index (χ0v) is 17.5. The zero-order chi connectivity index (χ0) is 22.2. The second-order valence-corrected chi connectivity index (χ2v) is 10.2. The Kier molecular flexibility index (Phi) is 6.04. The fourth-order valence-corrected chi connectivity index (χ4v) is 3.23. The smallest absolute Gasteiger partial charge is 0.322 e. The Bertz CT molecular complexity index is 1020. The van der Waals surface area contributed by atoms with Crippen LogP contribution >= 0.6 is 0 Å². The third-order valence-corrected chi connectivity index (χ3v) is 6.44. The first-order chi connectivity index (χ1) is 13.1. The lowest BCUT2D eigenvalue weighted by atomic mass is 10.0. The number of aryl methyl sites for hydroxylation is 2. The molecule has 0 unspecified atom stereocenters. The fourth-order valence-electron chi connectivity index (χ4n) is 2.41. The molecule has 0 aromatic heterocycles. The minimum Gasteiger partial charge on any atom is -0.322 e. The van der Waals surface area contributed by atoms with Crippen LogP contribution in [0.5, 0.6) is 0 Å². The second-order valence-electron chi connectivity index (χ2n) is 7.73. The van der Waals surface area contributed by atoms with Crippen molar-refractivity contribution < 1.29 is 26.4 Å². The number of rotatable bonds is 4. The third-order valence-electron chi connectivity index (χ3n) is 4.34. The van der Waals surface area contributed by atoms with Crippen molar-refractivity contribution in [1.82, 2.24) is 0 Å². The molecule has 0 radical (unpaired) electrons. The van der Waals surface area contributed by atoms with E-state index in [0.29, 0.717) is 22.4 Å². The Labute approximate surface area is 168 Å². The number of alkyl halides is 3. The summed E-state index contributed by atoms with van der Waals surface area (Å²) in [6.45, 7) is 8.03. The van der Waals surface area contributed by atoms with Crippen molar-refractivity contribution in [1.29, 1.82) is 0 Å². The van der Waals surface area contributed by atoms with E-state index >= 15 is 0 Å². The summed E-state index contributed by atoms with van der Waals surface area (Å²) >= 11 is 0. The molecule has 1 amide bonds. The average Bonchev–Trinajstić information content (AvgIpc) is 2.56. The summed E-state index contributed by atoms with van der Waals surface area (Å²) in [6.07, 6.45) is -4.45. The van der Waals surface area contributed by atoms with Gasteiger partial charge >= 0.3 is 6.18 Å². The Morgan fingerprint density at radius 1 is 0.931 bits per heavy atom. The van der Waals surface area contributed by atoms with Gasteiger partial charge in [0.2, 0.25) is 10.0 Å². The van der Waals surface area contributed by atoms with Crippen LogP contribution in [0.4, 0.5) is 24.5 Å². The summed E-state index contributed by atoms with van der Waals surface area (Å²) in [4.78, 5) is 12.6. The van der Waals surface area contributed by atoms with Crippen LogP contribution in [0, 0.1) is 13.8 Å². The van der Waals surface area contributed by atoms with Gasteiger partial charge in [-0.2, -0.15) is 13.2 Å². The first kappa shape index (κ1) is 22.7. The summed E-state index contributed by atoms with van der Waals surface area (Å²) in [5.74, 6) is -0.504. The van der Waals surface area contributed by atoms with Gasteiger partial charge in [0.05, 0.1) is 16.0 Å². The molecule has 5 nitrogen and oxygen atoms in total. The number of hydrogen-bond acceptors (Lipinski definition) is 3. The molecule has 0 saturated carbocycles. The van der Waals surface area contributed by atoms with E-state index in [1.807, 2.05) is 0 Å². The minimum absolute atomic E-state index is 0.220. The molecule has 2 aromatic rings. The van der Waals surface area contributed by atoms with Crippen molar-refractivity contribution in [3.8, 4) is 0 Å². The summed E-state index contributed by atoms with van der Waals surface area (Å²) in [5.41, 5.74) is 1.13. The van der Waals surface area contributed by atoms with E-state index in [9.17, 15) is 26.4 Å². The van der Waals surface area contributed by atoms with Gasteiger partial charge < -0.3 is 5.32 Å². The maximum absolute atomic E-state index is 12.6. The Morgan fingerprint density at radius 2 is 1.48 bits per heavy atom. The molecular formula is C20H23F3N2O3S. The number of benzene rings is 2. The van der Waals surface area contributed by atoms with Crippen LogP contribution in [-0.4, -0.2) is 19.1 Å². The van der Waals surface area contributed by atoms with E-state index in [-0.39, 0.29) is 5.69 Å². The molecule has 9 heteroatoms. The number of amides is 1.